The first-order chi connectivity index (χ1) is 34.7. The van der Waals surface area contributed by atoms with Crippen LogP contribution in [0, 0.1) is 0 Å². The van der Waals surface area contributed by atoms with Crippen molar-refractivity contribution in [3.05, 3.63) is 267 Å². The minimum atomic E-state index is 1.11. The van der Waals surface area contributed by atoms with E-state index in [1.807, 2.05) is 0 Å². The van der Waals surface area contributed by atoms with Gasteiger partial charge in [-0.2, -0.15) is 0 Å². The molecule has 0 unspecified atom stereocenters. The Hall–Kier alpha value is -9.24. The molecule has 0 aliphatic carbocycles. The minimum Gasteiger partial charge on any atom is -0.310 e. The van der Waals surface area contributed by atoms with Gasteiger partial charge in [-0.3, -0.25) is 0 Å². The van der Waals surface area contributed by atoms with Gasteiger partial charge in [-0.15, -0.1) is 0 Å². The number of hydrogen-bond donors (Lipinski definition) is 0. The van der Waals surface area contributed by atoms with E-state index in [2.05, 4.69) is 276 Å². The summed E-state index contributed by atoms with van der Waals surface area (Å²) < 4.78 is 2.44. The van der Waals surface area contributed by atoms with E-state index in [1.165, 1.54) is 109 Å². The molecule has 0 aliphatic heterocycles. The number of hydrogen-bond acceptors (Lipinski definition) is 1. The van der Waals surface area contributed by atoms with Gasteiger partial charge in [0.25, 0.3) is 0 Å². The van der Waals surface area contributed by atoms with Gasteiger partial charge in [-0.05, 0) is 155 Å². The lowest BCUT2D eigenvalue weighted by Gasteiger charge is -2.27. The average Bonchev–Trinajstić information content (AvgIpc) is 3.76. The van der Waals surface area contributed by atoms with E-state index in [0.717, 1.165) is 22.7 Å². The third kappa shape index (κ3) is 6.49. The Labute approximate surface area is 406 Å². The monoisotopic (exact) mass is 888 g/mol. The van der Waals surface area contributed by atoms with Crippen LogP contribution < -0.4 is 4.90 Å². The molecule has 0 bridgehead atoms. The van der Waals surface area contributed by atoms with Crippen molar-refractivity contribution in [2.24, 2.45) is 0 Å². The van der Waals surface area contributed by atoms with E-state index >= 15 is 0 Å². The molecule has 0 spiro atoms. The summed E-state index contributed by atoms with van der Waals surface area (Å²) in [6.45, 7) is 0. The summed E-state index contributed by atoms with van der Waals surface area (Å²) in [7, 11) is 0. The standard InChI is InChI=1S/C68H44N2/c1-2-18-52(19-3-1)69(66-27-13-17-48-15-5-7-21-57(48)66)53-35-28-46(29-36-53)50-33-40-67-64(43-50)65-44-51(56-26-12-16-47-14-4-6-20-55(47)56)34-41-68(65)70(67)54-37-30-45(31-38-54)49-32-39-62-60-24-9-8-22-58(60)59-23-10-11-25-61(59)63(62)42-49/h1-44H. The van der Waals surface area contributed by atoms with Crippen LogP contribution in [-0.2, 0) is 0 Å². The molecule has 70 heavy (non-hydrogen) atoms. The van der Waals surface area contributed by atoms with Gasteiger partial charge in [0.1, 0.15) is 0 Å². The van der Waals surface area contributed by atoms with Gasteiger partial charge in [-0.25, -0.2) is 0 Å². The van der Waals surface area contributed by atoms with Crippen LogP contribution in [0.3, 0.4) is 0 Å². The molecule has 2 heteroatoms. The predicted octanol–water partition coefficient (Wildman–Crippen LogP) is 19.0. The molecule has 326 valence electrons. The lowest BCUT2D eigenvalue weighted by molar-refractivity contribution is 1.18. The molecule has 0 amide bonds. The summed E-state index contributed by atoms with van der Waals surface area (Å²) in [4.78, 5) is 2.37. The van der Waals surface area contributed by atoms with Gasteiger partial charge < -0.3 is 9.47 Å². The Morgan fingerprint density at radius 2 is 0.671 bits per heavy atom. The first-order valence-corrected chi connectivity index (χ1v) is 24.2. The van der Waals surface area contributed by atoms with Crippen LogP contribution in [0.5, 0.6) is 0 Å². The number of anilines is 3. The molecule has 0 aliphatic rings. The largest absolute Gasteiger partial charge is 0.310 e. The Morgan fingerprint density at radius 3 is 1.33 bits per heavy atom. The van der Waals surface area contributed by atoms with Crippen molar-refractivity contribution in [1.29, 1.82) is 0 Å². The predicted molar refractivity (Wildman–Crippen MR) is 299 cm³/mol. The topological polar surface area (TPSA) is 8.17 Å². The Bertz CT molecular complexity index is 4290. The molecule has 14 rings (SSSR count). The Kier molecular flexibility index (Phi) is 9.25. The number of aromatic nitrogens is 1. The van der Waals surface area contributed by atoms with Crippen molar-refractivity contribution in [1.82, 2.24) is 4.57 Å². The third-order valence-electron chi connectivity index (χ3n) is 14.5. The second kappa shape index (κ2) is 16.2. The second-order valence-corrected chi connectivity index (χ2v) is 18.4. The maximum Gasteiger partial charge on any atom is 0.0541 e. The van der Waals surface area contributed by atoms with Crippen LogP contribution in [0.2, 0.25) is 0 Å². The van der Waals surface area contributed by atoms with Crippen molar-refractivity contribution in [3.63, 3.8) is 0 Å². The van der Waals surface area contributed by atoms with Crippen molar-refractivity contribution < 1.29 is 0 Å². The van der Waals surface area contributed by atoms with Gasteiger partial charge in [0, 0.05) is 33.2 Å². The van der Waals surface area contributed by atoms with Crippen LogP contribution in [0.1, 0.15) is 0 Å². The summed E-state index contributed by atoms with van der Waals surface area (Å²) in [6, 6.07) is 98.0. The third-order valence-corrected chi connectivity index (χ3v) is 14.5. The molecule has 0 atom stereocenters. The fourth-order valence-electron chi connectivity index (χ4n) is 11.2. The number of para-hydroxylation sites is 1. The Morgan fingerprint density at radius 1 is 0.243 bits per heavy atom. The second-order valence-electron chi connectivity index (χ2n) is 18.4. The number of fused-ring (bicyclic) bond motifs is 11. The molecule has 13 aromatic carbocycles. The van der Waals surface area contributed by atoms with Gasteiger partial charge in [0.2, 0.25) is 0 Å². The zero-order chi connectivity index (χ0) is 46.1. The van der Waals surface area contributed by atoms with Crippen molar-refractivity contribution in [2.75, 3.05) is 4.90 Å². The molecule has 1 heterocycles. The first kappa shape index (κ1) is 39.9. The minimum absolute atomic E-state index is 1.11. The SMILES string of the molecule is c1ccc(N(c2ccc(-c3ccc4c(c3)c3cc(-c5cccc6ccccc56)ccc3n4-c3ccc(-c4ccc5c6ccccc6c6ccccc6c5c4)cc3)cc2)c2cccc3ccccc23)cc1. The number of rotatable bonds is 7. The van der Waals surface area contributed by atoms with Gasteiger partial charge >= 0.3 is 0 Å². The lowest BCUT2D eigenvalue weighted by atomic mass is 9.92. The zero-order valence-electron chi connectivity index (χ0n) is 38.3. The average molecular weight is 889 g/mol. The van der Waals surface area contributed by atoms with E-state index in [4.69, 9.17) is 0 Å². The van der Waals surface area contributed by atoms with E-state index in [-0.39, 0.29) is 0 Å². The Balaban J connectivity index is 0.893. The molecule has 0 radical (unpaired) electrons. The summed E-state index contributed by atoms with van der Waals surface area (Å²) >= 11 is 0. The van der Waals surface area contributed by atoms with Gasteiger partial charge in [0.05, 0.1) is 16.7 Å². The summed E-state index contributed by atoms with van der Waals surface area (Å²) in [5, 5.41) is 15.1. The molecule has 14 aromatic rings. The van der Waals surface area contributed by atoms with Crippen LogP contribution in [0.25, 0.3) is 115 Å². The van der Waals surface area contributed by atoms with E-state index in [0.29, 0.717) is 0 Å². The molecular weight excluding hydrogens is 845 g/mol. The maximum atomic E-state index is 2.44. The fourth-order valence-corrected chi connectivity index (χ4v) is 11.2. The highest BCUT2D eigenvalue weighted by Crippen LogP contribution is 2.43. The highest BCUT2D eigenvalue weighted by atomic mass is 15.1. The van der Waals surface area contributed by atoms with E-state index < -0.39 is 0 Å². The highest BCUT2D eigenvalue weighted by molar-refractivity contribution is 6.25. The fraction of sp³-hybridized carbons (Fsp3) is 0. The van der Waals surface area contributed by atoms with Crippen LogP contribution in [-0.4, -0.2) is 4.57 Å². The smallest absolute Gasteiger partial charge is 0.0541 e. The summed E-state index contributed by atoms with van der Waals surface area (Å²) in [5.74, 6) is 0. The molecular formula is C68H44N2. The van der Waals surface area contributed by atoms with Crippen LogP contribution in [0.4, 0.5) is 17.1 Å². The van der Waals surface area contributed by atoms with Crippen molar-refractivity contribution >= 4 is 92.7 Å². The molecule has 0 N–H and O–H groups in total. The maximum absolute atomic E-state index is 2.44. The normalized spacial score (nSPS) is 11.7. The molecule has 0 saturated heterocycles. The van der Waals surface area contributed by atoms with E-state index in [1.54, 1.807) is 0 Å². The van der Waals surface area contributed by atoms with E-state index in [9.17, 15) is 0 Å². The van der Waals surface area contributed by atoms with Gasteiger partial charge in [0.15, 0.2) is 0 Å². The molecule has 1 aromatic heterocycles. The lowest BCUT2D eigenvalue weighted by Crippen LogP contribution is -2.10. The van der Waals surface area contributed by atoms with Gasteiger partial charge in [-0.1, -0.05) is 194 Å². The zero-order valence-corrected chi connectivity index (χ0v) is 38.3. The molecule has 0 fully saturated rings. The summed E-state index contributed by atoms with van der Waals surface area (Å²) in [5.41, 5.74) is 14.1. The highest BCUT2D eigenvalue weighted by Gasteiger charge is 2.19. The number of nitrogens with zero attached hydrogens (tertiary/aromatic N) is 2. The summed E-state index contributed by atoms with van der Waals surface area (Å²) in [6.07, 6.45) is 0. The van der Waals surface area contributed by atoms with Crippen molar-refractivity contribution in [3.8, 4) is 39.1 Å². The first-order valence-electron chi connectivity index (χ1n) is 24.2. The quantitative estimate of drug-likeness (QED) is 0.145. The number of benzene rings is 13. The van der Waals surface area contributed by atoms with Crippen LogP contribution in [0.15, 0.2) is 267 Å². The molecule has 2 nitrogen and oxygen atoms in total. The van der Waals surface area contributed by atoms with Crippen LogP contribution >= 0.6 is 0 Å². The van der Waals surface area contributed by atoms with Crippen molar-refractivity contribution in [2.45, 2.75) is 0 Å². The molecule has 0 saturated carbocycles.